The zero-order valence-electron chi connectivity index (χ0n) is 15.6. The highest BCUT2D eigenvalue weighted by molar-refractivity contribution is 6.30. The van der Waals surface area contributed by atoms with E-state index >= 15 is 0 Å². The molecule has 28 heavy (non-hydrogen) atoms. The van der Waals surface area contributed by atoms with E-state index in [9.17, 15) is 0 Å². The molecule has 3 nitrogen and oxygen atoms in total. The van der Waals surface area contributed by atoms with Crippen LogP contribution in [0.1, 0.15) is 12.0 Å². The molecule has 4 aromatic rings. The smallest absolute Gasteiger partial charge is 0.119 e. The second-order valence-electron chi connectivity index (χ2n) is 6.80. The Morgan fingerprint density at radius 2 is 1.68 bits per heavy atom. The highest BCUT2D eigenvalue weighted by atomic mass is 35.5. The first-order valence-corrected chi connectivity index (χ1v) is 9.92. The van der Waals surface area contributed by atoms with E-state index in [4.69, 9.17) is 16.3 Å². The number of ether oxygens (including phenoxy) is 1. The number of H-pyrrole nitrogens is 1. The molecule has 142 valence electrons. The van der Waals surface area contributed by atoms with Crippen LogP contribution in [0.2, 0.25) is 5.02 Å². The van der Waals surface area contributed by atoms with Crippen LogP contribution in [0.25, 0.3) is 22.2 Å². The summed E-state index contributed by atoms with van der Waals surface area (Å²) in [5, 5.41) is 5.42. The molecule has 0 spiro atoms. The van der Waals surface area contributed by atoms with Crippen LogP contribution in [-0.2, 0) is 6.54 Å². The predicted octanol–water partition coefficient (Wildman–Crippen LogP) is 6.05. The quantitative estimate of drug-likeness (QED) is 0.359. The van der Waals surface area contributed by atoms with Crippen LogP contribution in [0.15, 0.2) is 78.9 Å². The Bertz CT molecular complexity index is 990. The second kappa shape index (κ2) is 8.96. The molecule has 0 amide bonds. The lowest BCUT2D eigenvalue weighted by Gasteiger charge is -2.08. The maximum atomic E-state index is 5.90. The number of aromatic amines is 1. The fourth-order valence-electron chi connectivity index (χ4n) is 3.18. The Labute approximate surface area is 170 Å². The van der Waals surface area contributed by atoms with Gasteiger partial charge in [0.15, 0.2) is 0 Å². The van der Waals surface area contributed by atoms with Gasteiger partial charge in [0.1, 0.15) is 5.75 Å². The zero-order chi connectivity index (χ0) is 19.2. The predicted molar refractivity (Wildman–Crippen MR) is 117 cm³/mol. The van der Waals surface area contributed by atoms with Crippen LogP contribution in [0.3, 0.4) is 0 Å². The standard InChI is InChI=1S/C24H23ClN2O/c25-21-10-6-18(7-11-21)17-26-14-3-15-28-22-12-8-19(9-13-22)24-16-20-4-1-2-5-23(20)27-24/h1-2,4-13,16,26-27H,3,14-15,17H2. The van der Waals surface area contributed by atoms with Crippen LogP contribution in [0.5, 0.6) is 5.75 Å². The molecule has 1 aromatic heterocycles. The number of hydrogen-bond donors (Lipinski definition) is 2. The summed E-state index contributed by atoms with van der Waals surface area (Å²) in [7, 11) is 0. The monoisotopic (exact) mass is 390 g/mol. The minimum Gasteiger partial charge on any atom is -0.494 e. The molecule has 0 aliphatic heterocycles. The maximum absolute atomic E-state index is 5.90. The molecule has 0 unspecified atom stereocenters. The summed E-state index contributed by atoms with van der Waals surface area (Å²) in [5.74, 6) is 0.901. The van der Waals surface area contributed by atoms with Crippen LogP contribution in [0, 0.1) is 0 Å². The average Bonchev–Trinajstić information content (AvgIpc) is 3.16. The van der Waals surface area contributed by atoms with Crippen LogP contribution < -0.4 is 10.1 Å². The van der Waals surface area contributed by atoms with Gasteiger partial charge in [-0.1, -0.05) is 41.9 Å². The van der Waals surface area contributed by atoms with Crippen molar-refractivity contribution < 1.29 is 4.74 Å². The van der Waals surface area contributed by atoms with Gasteiger partial charge in [0.2, 0.25) is 0 Å². The summed E-state index contributed by atoms with van der Waals surface area (Å²) in [6.45, 7) is 2.45. The Morgan fingerprint density at radius 1 is 0.893 bits per heavy atom. The molecule has 0 atom stereocenters. The van der Waals surface area contributed by atoms with Crippen molar-refractivity contribution in [2.45, 2.75) is 13.0 Å². The lowest BCUT2D eigenvalue weighted by molar-refractivity contribution is 0.308. The van der Waals surface area contributed by atoms with Gasteiger partial charge in [0.25, 0.3) is 0 Å². The maximum Gasteiger partial charge on any atom is 0.119 e. The molecule has 3 aromatic carbocycles. The molecule has 0 fully saturated rings. The summed E-state index contributed by atoms with van der Waals surface area (Å²) >= 11 is 5.90. The van der Waals surface area contributed by atoms with E-state index in [1.165, 1.54) is 10.9 Å². The number of aromatic nitrogens is 1. The van der Waals surface area contributed by atoms with Crippen LogP contribution in [0.4, 0.5) is 0 Å². The Morgan fingerprint density at radius 3 is 2.46 bits per heavy atom. The zero-order valence-corrected chi connectivity index (χ0v) is 16.4. The first-order chi connectivity index (χ1) is 13.8. The summed E-state index contributed by atoms with van der Waals surface area (Å²) in [6, 6.07) is 26.7. The van der Waals surface area contributed by atoms with Crippen LogP contribution in [-0.4, -0.2) is 18.1 Å². The van der Waals surface area contributed by atoms with E-state index in [-0.39, 0.29) is 0 Å². The highest BCUT2D eigenvalue weighted by Gasteiger charge is 2.03. The first-order valence-electron chi connectivity index (χ1n) is 9.54. The van der Waals surface area contributed by atoms with Gasteiger partial charge in [0.05, 0.1) is 6.61 Å². The fraction of sp³-hybridized carbons (Fsp3) is 0.167. The molecular weight excluding hydrogens is 368 g/mol. The van der Waals surface area contributed by atoms with Gasteiger partial charge in [0, 0.05) is 28.2 Å². The third-order valence-corrected chi connectivity index (χ3v) is 4.96. The molecule has 0 saturated carbocycles. The highest BCUT2D eigenvalue weighted by Crippen LogP contribution is 2.25. The van der Waals surface area contributed by atoms with E-state index in [1.54, 1.807) is 0 Å². The Balaban J connectivity index is 1.22. The Kier molecular flexibility index (Phi) is 5.95. The minimum atomic E-state index is 0.694. The number of para-hydroxylation sites is 1. The van der Waals surface area contributed by atoms with Gasteiger partial charge < -0.3 is 15.0 Å². The van der Waals surface area contributed by atoms with Crippen molar-refractivity contribution >= 4 is 22.5 Å². The van der Waals surface area contributed by atoms with Crippen molar-refractivity contribution in [3.63, 3.8) is 0 Å². The number of nitrogens with one attached hydrogen (secondary N) is 2. The number of benzene rings is 3. The molecule has 0 aliphatic carbocycles. The number of rotatable bonds is 8. The van der Waals surface area contributed by atoms with E-state index in [1.807, 2.05) is 42.5 Å². The lowest BCUT2D eigenvalue weighted by atomic mass is 10.1. The number of fused-ring (bicyclic) bond motifs is 1. The van der Waals surface area contributed by atoms with Gasteiger partial charge in [-0.05, 0) is 72.6 Å². The molecule has 4 rings (SSSR count). The SMILES string of the molecule is Clc1ccc(CNCCCOc2ccc(-c3cc4ccccc4[nH]3)cc2)cc1. The van der Waals surface area contributed by atoms with Gasteiger partial charge in [-0.2, -0.15) is 0 Å². The normalized spacial score (nSPS) is 11.0. The Hall–Kier alpha value is -2.75. The summed E-state index contributed by atoms with van der Waals surface area (Å²) in [6.07, 6.45) is 0.956. The van der Waals surface area contributed by atoms with E-state index in [2.05, 4.69) is 46.7 Å². The van der Waals surface area contributed by atoms with Gasteiger partial charge in [-0.25, -0.2) is 0 Å². The first kappa shape index (κ1) is 18.6. The van der Waals surface area contributed by atoms with Crippen molar-refractivity contribution in [2.75, 3.05) is 13.2 Å². The molecule has 4 heteroatoms. The summed E-state index contributed by atoms with van der Waals surface area (Å²) in [4.78, 5) is 3.46. The molecule has 1 heterocycles. The van der Waals surface area contributed by atoms with Crippen LogP contribution >= 0.6 is 11.6 Å². The molecule has 2 N–H and O–H groups in total. The van der Waals surface area contributed by atoms with Crippen molar-refractivity contribution in [1.82, 2.24) is 10.3 Å². The largest absolute Gasteiger partial charge is 0.494 e. The topological polar surface area (TPSA) is 37.0 Å². The van der Waals surface area contributed by atoms with Crippen molar-refractivity contribution in [2.24, 2.45) is 0 Å². The third-order valence-electron chi connectivity index (χ3n) is 4.70. The van der Waals surface area contributed by atoms with Gasteiger partial charge in [-0.15, -0.1) is 0 Å². The summed E-state index contributed by atoms with van der Waals surface area (Å²) < 4.78 is 5.86. The average molecular weight is 391 g/mol. The molecular formula is C24H23ClN2O. The number of hydrogen-bond acceptors (Lipinski definition) is 2. The number of halogens is 1. The lowest BCUT2D eigenvalue weighted by Crippen LogP contribution is -2.16. The molecule has 0 bridgehead atoms. The van der Waals surface area contributed by atoms with E-state index < -0.39 is 0 Å². The molecule has 0 radical (unpaired) electrons. The second-order valence-corrected chi connectivity index (χ2v) is 7.24. The van der Waals surface area contributed by atoms with Crippen molar-refractivity contribution in [1.29, 1.82) is 0 Å². The minimum absolute atomic E-state index is 0.694. The van der Waals surface area contributed by atoms with Gasteiger partial charge >= 0.3 is 0 Å². The molecule has 0 saturated heterocycles. The molecule has 0 aliphatic rings. The van der Waals surface area contributed by atoms with Crippen molar-refractivity contribution in [3.8, 4) is 17.0 Å². The summed E-state index contributed by atoms with van der Waals surface area (Å²) in [5.41, 5.74) is 4.68. The fourth-order valence-corrected chi connectivity index (χ4v) is 3.31. The van der Waals surface area contributed by atoms with E-state index in [0.29, 0.717) is 6.61 Å². The third kappa shape index (κ3) is 4.75. The van der Waals surface area contributed by atoms with Crippen molar-refractivity contribution in [3.05, 3.63) is 89.4 Å². The van der Waals surface area contributed by atoms with Gasteiger partial charge in [-0.3, -0.25) is 0 Å². The van der Waals surface area contributed by atoms with E-state index in [0.717, 1.165) is 47.1 Å².